The number of hydrogen-bond acceptors (Lipinski definition) is 5. The number of thiophene rings is 2. The number of ketones is 1. The van der Waals surface area contributed by atoms with Crippen molar-refractivity contribution in [1.29, 1.82) is 0 Å². The van der Waals surface area contributed by atoms with Gasteiger partial charge in [0.25, 0.3) is 5.91 Å². The summed E-state index contributed by atoms with van der Waals surface area (Å²) in [7, 11) is 0. The van der Waals surface area contributed by atoms with Gasteiger partial charge >= 0.3 is 0 Å². The van der Waals surface area contributed by atoms with Gasteiger partial charge in [-0.2, -0.15) is 0 Å². The fraction of sp³-hybridized carbons (Fsp3) is 0.231. The van der Waals surface area contributed by atoms with Crippen LogP contribution in [-0.4, -0.2) is 24.8 Å². The third kappa shape index (κ3) is 3.47. The molecule has 2 aromatic heterocycles. The molecule has 1 N–H and O–H groups in total. The predicted octanol–water partition coefficient (Wildman–Crippen LogP) is 3.58. The molecule has 0 aliphatic heterocycles. The molecule has 0 unspecified atom stereocenters. The summed E-state index contributed by atoms with van der Waals surface area (Å²) >= 11 is 5.93. The van der Waals surface area contributed by atoms with Crippen LogP contribution in [0.15, 0.2) is 27.4 Å². The van der Waals surface area contributed by atoms with E-state index in [1.165, 1.54) is 22.7 Å². The van der Waals surface area contributed by atoms with Crippen LogP contribution in [0.2, 0.25) is 0 Å². The van der Waals surface area contributed by atoms with Crippen LogP contribution in [0.25, 0.3) is 0 Å². The van der Waals surface area contributed by atoms with Crippen molar-refractivity contribution in [3.05, 3.63) is 37.1 Å². The molecule has 0 aliphatic carbocycles. The van der Waals surface area contributed by atoms with Crippen molar-refractivity contribution in [2.24, 2.45) is 0 Å². The molecule has 106 valence electrons. The molecule has 0 fully saturated rings. The van der Waals surface area contributed by atoms with Gasteiger partial charge in [-0.1, -0.05) is 0 Å². The van der Waals surface area contributed by atoms with Crippen LogP contribution in [0.4, 0.5) is 0 Å². The maximum atomic E-state index is 12.1. The number of nitrogens with one attached hydrogen (secondary N) is 1. The first-order valence-corrected chi connectivity index (χ1v) is 8.43. The fourth-order valence-corrected chi connectivity index (χ4v) is 3.79. The van der Waals surface area contributed by atoms with E-state index in [0.717, 1.165) is 4.47 Å². The highest BCUT2D eigenvalue weighted by molar-refractivity contribution is 9.10. The number of ether oxygens (including phenoxy) is 1. The van der Waals surface area contributed by atoms with Gasteiger partial charge in [-0.3, -0.25) is 9.59 Å². The molecule has 0 radical (unpaired) electrons. The molecule has 7 heteroatoms. The minimum atomic E-state index is -0.255. The minimum absolute atomic E-state index is 0.0379. The van der Waals surface area contributed by atoms with Crippen LogP contribution in [0.3, 0.4) is 0 Å². The molecule has 0 saturated heterocycles. The SMILES string of the molecule is CCOc1ccsc1C(=O)CNC(=O)c1sccc1Br. The summed E-state index contributed by atoms with van der Waals surface area (Å²) in [6.45, 7) is 2.33. The summed E-state index contributed by atoms with van der Waals surface area (Å²) in [6, 6.07) is 3.56. The Hall–Kier alpha value is -1.18. The zero-order valence-corrected chi connectivity index (χ0v) is 13.9. The van der Waals surface area contributed by atoms with E-state index >= 15 is 0 Å². The standard InChI is InChI=1S/C13H12BrNO3S2/c1-2-18-10-4-6-20-12(10)9(16)7-15-13(17)11-8(14)3-5-19-11/h3-6H,2,7H2,1H3,(H,15,17). The van der Waals surface area contributed by atoms with Gasteiger partial charge in [0, 0.05) is 4.47 Å². The third-order valence-electron chi connectivity index (χ3n) is 2.42. The van der Waals surface area contributed by atoms with Crippen LogP contribution in [-0.2, 0) is 0 Å². The van der Waals surface area contributed by atoms with Crippen molar-refractivity contribution in [3.8, 4) is 5.75 Å². The van der Waals surface area contributed by atoms with Crippen molar-refractivity contribution >= 4 is 50.3 Å². The predicted molar refractivity (Wildman–Crippen MR) is 84.2 cm³/mol. The van der Waals surface area contributed by atoms with Crippen molar-refractivity contribution in [1.82, 2.24) is 5.32 Å². The lowest BCUT2D eigenvalue weighted by molar-refractivity contribution is 0.0906. The minimum Gasteiger partial charge on any atom is -0.492 e. The van der Waals surface area contributed by atoms with E-state index in [4.69, 9.17) is 4.74 Å². The molecular formula is C13H12BrNO3S2. The van der Waals surface area contributed by atoms with Crippen molar-refractivity contribution in [2.75, 3.05) is 13.2 Å². The molecule has 0 bridgehead atoms. The lowest BCUT2D eigenvalue weighted by Gasteiger charge is -2.05. The molecule has 0 atom stereocenters. The van der Waals surface area contributed by atoms with Gasteiger partial charge < -0.3 is 10.1 Å². The Morgan fingerprint density at radius 3 is 2.60 bits per heavy atom. The monoisotopic (exact) mass is 373 g/mol. The molecule has 0 saturated carbocycles. The number of carbonyl (C=O) groups excluding carboxylic acids is 2. The average Bonchev–Trinajstić information content (AvgIpc) is 3.05. The van der Waals surface area contributed by atoms with Gasteiger partial charge in [-0.25, -0.2) is 0 Å². The van der Waals surface area contributed by atoms with Crippen LogP contribution < -0.4 is 10.1 Å². The van der Waals surface area contributed by atoms with Gasteiger partial charge in [0.2, 0.25) is 0 Å². The summed E-state index contributed by atoms with van der Waals surface area (Å²) < 4.78 is 6.10. The van der Waals surface area contributed by atoms with Gasteiger partial charge in [-0.15, -0.1) is 22.7 Å². The Morgan fingerprint density at radius 2 is 1.95 bits per heavy atom. The third-order valence-corrected chi connectivity index (χ3v) is 5.19. The van der Waals surface area contributed by atoms with E-state index in [2.05, 4.69) is 21.2 Å². The average molecular weight is 374 g/mol. The zero-order chi connectivity index (χ0) is 14.5. The highest BCUT2D eigenvalue weighted by atomic mass is 79.9. The molecule has 4 nitrogen and oxygen atoms in total. The Bertz CT molecular complexity index is 621. The molecule has 2 heterocycles. The maximum Gasteiger partial charge on any atom is 0.262 e. The van der Waals surface area contributed by atoms with E-state index in [-0.39, 0.29) is 18.2 Å². The van der Waals surface area contributed by atoms with Crippen molar-refractivity contribution in [2.45, 2.75) is 6.92 Å². The Morgan fingerprint density at radius 1 is 1.25 bits per heavy atom. The number of hydrogen-bond donors (Lipinski definition) is 1. The largest absolute Gasteiger partial charge is 0.492 e. The summed E-state index contributed by atoms with van der Waals surface area (Å²) in [5.41, 5.74) is 0. The van der Waals surface area contributed by atoms with Crippen LogP contribution in [0.5, 0.6) is 5.75 Å². The first kappa shape index (κ1) is 15.2. The van der Waals surface area contributed by atoms with E-state index in [1.807, 2.05) is 12.3 Å². The topological polar surface area (TPSA) is 55.4 Å². The second-order valence-corrected chi connectivity index (χ2v) is 6.44. The van der Waals surface area contributed by atoms with Gasteiger partial charge in [0.15, 0.2) is 5.78 Å². The van der Waals surface area contributed by atoms with E-state index < -0.39 is 0 Å². The van der Waals surface area contributed by atoms with Crippen molar-refractivity contribution in [3.63, 3.8) is 0 Å². The van der Waals surface area contributed by atoms with E-state index in [1.54, 1.807) is 17.5 Å². The first-order valence-electron chi connectivity index (χ1n) is 5.88. The zero-order valence-electron chi connectivity index (χ0n) is 10.6. The molecule has 1 amide bonds. The highest BCUT2D eigenvalue weighted by Gasteiger charge is 2.17. The van der Waals surface area contributed by atoms with Crippen molar-refractivity contribution < 1.29 is 14.3 Å². The molecule has 0 aliphatic rings. The molecule has 20 heavy (non-hydrogen) atoms. The van der Waals surface area contributed by atoms with Gasteiger partial charge in [-0.05, 0) is 45.7 Å². The number of rotatable bonds is 6. The lowest BCUT2D eigenvalue weighted by atomic mass is 10.3. The van der Waals surface area contributed by atoms with E-state index in [9.17, 15) is 9.59 Å². The fourth-order valence-electron chi connectivity index (χ4n) is 1.55. The number of carbonyl (C=O) groups is 2. The van der Waals surface area contributed by atoms with Crippen LogP contribution in [0.1, 0.15) is 26.3 Å². The summed E-state index contributed by atoms with van der Waals surface area (Å²) in [5.74, 6) is 0.174. The number of amides is 1. The maximum absolute atomic E-state index is 12.1. The molecule has 2 rings (SSSR count). The molecule has 0 spiro atoms. The number of Topliss-reactive ketones (excluding diaryl/α,β-unsaturated/α-hetero) is 1. The molecule has 2 aromatic rings. The summed E-state index contributed by atoms with van der Waals surface area (Å²) in [4.78, 5) is 25.1. The summed E-state index contributed by atoms with van der Waals surface area (Å²) in [5, 5.41) is 6.24. The number of halogens is 1. The Labute approximate surface area is 132 Å². The van der Waals surface area contributed by atoms with Crippen LogP contribution in [0, 0.1) is 0 Å². The van der Waals surface area contributed by atoms with Crippen LogP contribution >= 0.6 is 38.6 Å². The first-order chi connectivity index (χ1) is 9.63. The highest BCUT2D eigenvalue weighted by Crippen LogP contribution is 2.25. The second kappa shape index (κ2) is 7.01. The normalized spacial score (nSPS) is 10.3. The smallest absolute Gasteiger partial charge is 0.262 e. The molecule has 0 aromatic carbocycles. The Balaban J connectivity index is 1.97. The lowest BCUT2D eigenvalue weighted by Crippen LogP contribution is -2.29. The summed E-state index contributed by atoms with van der Waals surface area (Å²) in [6.07, 6.45) is 0. The molecular weight excluding hydrogens is 362 g/mol. The second-order valence-electron chi connectivity index (χ2n) is 3.75. The van der Waals surface area contributed by atoms with Gasteiger partial charge in [0.05, 0.1) is 13.2 Å². The van der Waals surface area contributed by atoms with E-state index in [0.29, 0.717) is 22.1 Å². The van der Waals surface area contributed by atoms with Gasteiger partial charge in [0.1, 0.15) is 15.5 Å². The Kier molecular flexibility index (Phi) is 5.33. The quantitative estimate of drug-likeness (QED) is 0.787.